The van der Waals surface area contributed by atoms with Crippen molar-refractivity contribution in [2.24, 2.45) is 5.92 Å². The fourth-order valence-corrected chi connectivity index (χ4v) is 0.757. The van der Waals surface area contributed by atoms with E-state index in [1.165, 1.54) is 12.8 Å². The second-order valence-corrected chi connectivity index (χ2v) is 2.47. The van der Waals surface area contributed by atoms with Gasteiger partial charge >= 0.3 is 6.16 Å². The Morgan fingerprint density at radius 3 is 2.80 bits per heavy atom. The van der Waals surface area contributed by atoms with Gasteiger partial charge in [-0.15, -0.1) is 0 Å². The summed E-state index contributed by atoms with van der Waals surface area (Å²) in [5.41, 5.74) is 0. The number of carbonyl (C=O) groups is 1. The Balaban J connectivity index is 1.88. The molecule has 57 valence electrons. The zero-order valence-electron chi connectivity index (χ0n) is 5.84. The van der Waals surface area contributed by atoms with E-state index in [9.17, 15) is 4.79 Å². The van der Waals surface area contributed by atoms with Crippen LogP contribution in [0, 0.1) is 13.0 Å². The molecule has 1 aliphatic rings. The lowest BCUT2D eigenvalue weighted by atomic mass is 10.3. The first-order valence-electron chi connectivity index (χ1n) is 3.41. The first kappa shape index (κ1) is 7.38. The van der Waals surface area contributed by atoms with Crippen LogP contribution in [0.15, 0.2) is 0 Å². The highest BCUT2D eigenvalue weighted by Crippen LogP contribution is 2.32. The summed E-state index contributed by atoms with van der Waals surface area (Å²) in [7, 11) is 2.92. The zero-order valence-corrected chi connectivity index (χ0v) is 5.84. The van der Waals surface area contributed by atoms with E-state index in [2.05, 4.69) is 16.6 Å². The summed E-state index contributed by atoms with van der Waals surface area (Å²) in [6, 6.07) is 0. The molecule has 1 saturated carbocycles. The van der Waals surface area contributed by atoms with Gasteiger partial charge in [0.2, 0.25) is 0 Å². The van der Waals surface area contributed by atoms with E-state index in [0.717, 1.165) is 12.3 Å². The molecule has 1 aliphatic carbocycles. The van der Waals surface area contributed by atoms with Gasteiger partial charge < -0.3 is 9.47 Å². The summed E-state index contributed by atoms with van der Waals surface area (Å²) in [6.45, 7) is 0.471. The molecule has 0 N–H and O–H groups in total. The van der Waals surface area contributed by atoms with E-state index >= 15 is 0 Å². The quantitative estimate of drug-likeness (QED) is 0.564. The van der Waals surface area contributed by atoms with E-state index in [0.29, 0.717) is 6.61 Å². The van der Waals surface area contributed by atoms with Crippen LogP contribution in [-0.2, 0) is 9.47 Å². The molecule has 0 saturated heterocycles. The van der Waals surface area contributed by atoms with Crippen molar-refractivity contribution in [3.63, 3.8) is 0 Å². The van der Waals surface area contributed by atoms with Crippen molar-refractivity contribution < 1.29 is 14.3 Å². The summed E-state index contributed by atoms with van der Waals surface area (Å²) in [5, 5.41) is 0. The molecule has 0 spiro atoms. The summed E-state index contributed by atoms with van der Waals surface area (Å²) in [5.74, 6) is 0.789. The fraction of sp³-hybridized carbons (Fsp3) is 0.714. The molecule has 0 unspecified atom stereocenters. The summed E-state index contributed by atoms with van der Waals surface area (Å²) >= 11 is 0. The van der Waals surface area contributed by atoms with E-state index in [-0.39, 0.29) is 0 Å². The number of carbonyl (C=O) groups excluding carboxylic acids is 1. The monoisotopic (exact) mass is 143 g/mol. The fourth-order valence-electron chi connectivity index (χ4n) is 0.757. The van der Waals surface area contributed by atoms with E-state index in [1.54, 1.807) is 0 Å². The number of hydrogen-bond acceptors (Lipinski definition) is 3. The van der Waals surface area contributed by atoms with E-state index < -0.39 is 6.16 Å². The molecule has 0 amide bonds. The van der Waals surface area contributed by atoms with Gasteiger partial charge in [-0.3, -0.25) is 0 Å². The van der Waals surface area contributed by atoms with Crippen molar-refractivity contribution in [3.05, 3.63) is 7.11 Å². The van der Waals surface area contributed by atoms with Crippen molar-refractivity contribution in [3.8, 4) is 0 Å². The van der Waals surface area contributed by atoms with Crippen LogP contribution < -0.4 is 0 Å². The summed E-state index contributed by atoms with van der Waals surface area (Å²) in [6.07, 6.45) is 2.85. The molecule has 0 aromatic rings. The third kappa shape index (κ3) is 2.71. The maximum absolute atomic E-state index is 10.3. The van der Waals surface area contributed by atoms with Crippen molar-refractivity contribution >= 4 is 6.16 Å². The predicted octanol–water partition coefficient (Wildman–Crippen LogP) is 1.73. The molecular weight excluding hydrogens is 132 g/mol. The number of ether oxygens (including phenoxy) is 2. The molecule has 0 aliphatic heterocycles. The van der Waals surface area contributed by atoms with Crippen LogP contribution in [-0.4, -0.2) is 12.8 Å². The van der Waals surface area contributed by atoms with Crippen LogP contribution in [0.5, 0.6) is 0 Å². The normalized spacial score (nSPS) is 16.5. The molecular formula is C7H11O3. The second kappa shape index (κ2) is 3.44. The highest BCUT2D eigenvalue weighted by atomic mass is 16.7. The molecule has 3 nitrogen and oxygen atoms in total. The molecule has 1 fully saturated rings. The van der Waals surface area contributed by atoms with Gasteiger partial charge in [-0.25, -0.2) is 4.79 Å². The maximum atomic E-state index is 10.3. The minimum absolute atomic E-state index is 0.471. The first-order chi connectivity index (χ1) is 4.83. The van der Waals surface area contributed by atoms with Gasteiger partial charge in [-0.2, -0.15) is 0 Å². The Morgan fingerprint density at radius 2 is 2.30 bits per heavy atom. The largest absolute Gasteiger partial charge is 0.508 e. The lowest BCUT2D eigenvalue weighted by Gasteiger charge is -1.99. The molecule has 0 aromatic heterocycles. The molecule has 0 heterocycles. The third-order valence-electron chi connectivity index (χ3n) is 1.56. The Bertz CT molecular complexity index is 118. The van der Waals surface area contributed by atoms with Crippen LogP contribution in [0.1, 0.15) is 19.3 Å². The van der Waals surface area contributed by atoms with Gasteiger partial charge in [0, 0.05) is 0 Å². The average molecular weight is 143 g/mol. The van der Waals surface area contributed by atoms with Crippen LogP contribution in [0.2, 0.25) is 0 Å². The van der Waals surface area contributed by atoms with Gasteiger partial charge in [-0.05, 0) is 12.3 Å². The van der Waals surface area contributed by atoms with Crippen molar-refractivity contribution in [2.45, 2.75) is 19.3 Å². The predicted molar refractivity (Wildman–Crippen MR) is 35.1 cm³/mol. The second-order valence-electron chi connectivity index (χ2n) is 2.47. The molecule has 0 aromatic carbocycles. The third-order valence-corrected chi connectivity index (χ3v) is 1.56. The van der Waals surface area contributed by atoms with Crippen LogP contribution >= 0.6 is 0 Å². The van der Waals surface area contributed by atoms with Gasteiger partial charge in [0.25, 0.3) is 0 Å². The highest BCUT2D eigenvalue weighted by Gasteiger charge is 2.21. The summed E-state index contributed by atoms with van der Waals surface area (Å²) < 4.78 is 8.66. The smallest absolute Gasteiger partial charge is 0.434 e. The van der Waals surface area contributed by atoms with Gasteiger partial charge in [-0.1, -0.05) is 12.8 Å². The van der Waals surface area contributed by atoms with Crippen LogP contribution in [0.4, 0.5) is 4.79 Å². The minimum Gasteiger partial charge on any atom is -0.434 e. The standard InChI is InChI=1S/C7H11O3/c1-9-7(8)10-5-4-6-2-3-6/h6H,1-5H2. The molecule has 3 heteroatoms. The molecule has 0 bridgehead atoms. The topological polar surface area (TPSA) is 35.5 Å². The highest BCUT2D eigenvalue weighted by molar-refractivity contribution is 5.59. The minimum atomic E-state index is -0.680. The van der Waals surface area contributed by atoms with Gasteiger partial charge in [0.15, 0.2) is 0 Å². The number of rotatable bonds is 3. The van der Waals surface area contributed by atoms with Gasteiger partial charge in [0.05, 0.1) is 6.61 Å². The SMILES string of the molecule is [CH2]OC(=O)OCCC1CC1. The zero-order chi connectivity index (χ0) is 7.40. The Labute approximate surface area is 60.3 Å². The number of hydrogen-bond donors (Lipinski definition) is 0. The van der Waals surface area contributed by atoms with Crippen molar-refractivity contribution in [1.29, 1.82) is 0 Å². The van der Waals surface area contributed by atoms with Gasteiger partial charge in [0.1, 0.15) is 7.11 Å². The molecule has 10 heavy (non-hydrogen) atoms. The first-order valence-corrected chi connectivity index (χ1v) is 3.41. The Hall–Kier alpha value is -0.730. The van der Waals surface area contributed by atoms with Crippen molar-refractivity contribution in [1.82, 2.24) is 0 Å². The van der Waals surface area contributed by atoms with Crippen molar-refractivity contribution in [2.75, 3.05) is 6.61 Å². The molecule has 0 atom stereocenters. The van der Waals surface area contributed by atoms with Crippen LogP contribution in [0.25, 0.3) is 0 Å². The lowest BCUT2D eigenvalue weighted by Crippen LogP contribution is -2.04. The van der Waals surface area contributed by atoms with E-state index in [1.807, 2.05) is 0 Å². The molecule has 1 radical (unpaired) electrons. The average Bonchev–Trinajstić information content (AvgIpc) is 2.71. The van der Waals surface area contributed by atoms with E-state index in [4.69, 9.17) is 0 Å². The summed E-state index contributed by atoms with van der Waals surface area (Å²) in [4.78, 5) is 10.3. The maximum Gasteiger partial charge on any atom is 0.508 e. The van der Waals surface area contributed by atoms with Crippen LogP contribution in [0.3, 0.4) is 0 Å². The lowest BCUT2D eigenvalue weighted by molar-refractivity contribution is 0.0808. The molecule has 1 rings (SSSR count). The Kier molecular flexibility index (Phi) is 2.54. The Morgan fingerprint density at radius 1 is 1.60 bits per heavy atom.